The molecule has 0 aliphatic heterocycles. The molecule has 0 bridgehead atoms. The number of benzene rings is 1. The van der Waals surface area contributed by atoms with Crippen molar-refractivity contribution < 1.29 is 0 Å². The molecule has 2 heterocycles. The number of nitrogens with one attached hydrogen (secondary N) is 1. The van der Waals surface area contributed by atoms with Crippen molar-refractivity contribution in [3.63, 3.8) is 0 Å². The molecule has 0 aliphatic carbocycles. The van der Waals surface area contributed by atoms with Crippen LogP contribution in [0.2, 0.25) is 5.15 Å². The number of hydrogen-bond donors (Lipinski definition) is 1. The monoisotopic (exact) mass is 378 g/mol. The highest BCUT2D eigenvalue weighted by atomic mass is 79.9. The minimum absolute atomic E-state index is 0.484. The molecule has 0 atom stereocenters. The topological polar surface area (TPSA) is 24.9 Å². The Labute approximate surface area is 140 Å². The molecule has 21 heavy (non-hydrogen) atoms. The average molecular weight is 380 g/mol. The quantitative estimate of drug-likeness (QED) is 0.576. The third kappa shape index (κ3) is 3.64. The van der Waals surface area contributed by atoms with Crippen molar-refractivity contribution in [2.75, 3.05) is 5.32 Å². The number of hydrogen-bond acceptors (Lipinski definition) is 3. The zero-order chi connectivity index (χ0) is 14.7. The van der Waals surface area contributed by atoms with Crippen LogP contribution < -0.4 is 5.32 Å². The molecule has 5 heteroatoms. The number of rotatable bonds is 4. The Balaban J connectivity index is 1.72. The highest BCUT2D eigenvalue weighted by molar-refractivity contribution is 9.10. The number of halogens is 2. The van der Waals surface area contributed by atoms with Crippen molar-refractivity contribution in [2.45, 2.75) is 6.54 Å². The van der Waals surface area contributed by atoms with Crippen molar-refractivity contribution in [2.24, 2.45) is 0 Å². The molecule has 2 aromatic heterocycles. The van der Waals surface area contributed by atoms with E-state index in [9.17, 15) is 0 Å². The lowest BCUT2D eigenvalue weighted by atomic mass is 10.1. The summed E-state index contributed by atoms with van der Waals surface area (Å²) in [4.78, 5) is 5.36. The van der Waals surface area contributed by atoms with Gasteiger partial charge in [-0.2, -0.15) is 0 Å². The lowest BCUT2D eigenvalue weighted by molar-refractivity contribution is 1.17. The molecular weight excluding hydrogens is 368 g/mol. The van der Waals surface area contributed by atoms with Gasteiger partial charge in [0.25, 0.3) is 0 Å². The lowest BCUT2D eigenvalue weighted by Crippen LogP contribution is -1.99. The van der Waals surface area contributed by atoms with E-state index in [1.807, 2.05) is 12.1 Å². The normalized spacial score (nSPS) is 10.6. The molecule has 0 saturated heterocycles. The SMILES string of the molecule is Clc1ncc(Br)cc1NCc1cc(-c2ccccc2)cs1. The predicted molar refractivity (Wildman–Crippen MR) is 94.0 cm³/mol. The van der Waals surface area contributed by atoms with Gasteiger partial charge in [0.05, 0.1) is 5.69 Å². The Hall–Kier alpha value is -1.36. The molecule has 3 rings (SSSR count). The van der Waals surface area contributed by atoms with Gasteiger partial charge in [0, 0.05) is 22.1 Å². The van der Waals surface area contributed by atoms with Crippen LogP contribution in [-0.4, -0.2) is 4.98 Å². The molecule has 0 unspecified atom stereocenters. The van der Waals surface area contributed by atoms with E-state index < -0.39 is 0 Å². The highest BCUT2D eigenvalue weighted by Gasteiger charge is 2.05. The summed E-state index contributed by atoms with van der Waals surface area (Å²) in [6, 6.07) is 14.5. The largest absolute Gasteiger partial charge is 0.378 e. The minimum atomic E-state index is 0.484. The number of aromatic nitrogens is 1. The van der Waals surface area contributed by atoms with E-state index in [1.165, 1.54) is 16.0 Å². The maximum absolute atomic E-state index is 6.07. The summed E-state index contributed by atoms with van der Waals surface area (Å²) >= 11 is 11.2. The molecule has 1 N–H and O–H groups in total. The van der Waals surface area contributed by atoms with Crippen molar-refractivity contribution >= 4 is 44.6 Å². The maximum atomic E-state index is 6.07. The standard InChI is InChI=1S/C16H12BrClN2S/c17-13-7-15(16(18)20-8-13)19-9-14-6-12(10-21-14)11-4-2-1-3-5-11/h1-8,10,19H,9H2. The molecule has 3 aromatic rings. The van der Waals surface area contributed by atoms with Crippen LogP contribution in [0.15, 0.2) is 58.5 Å². The average Bonchev–Trinajstić information content (AvgIpc) is 2.98. The van der Waals surface area contributed by atoms with Crippen LogP contribution in [0.1, 0.15) is 4.88 Å². The molecule has 0 radical (unpaired) electrons. The van der Waals surface area contributed by atoms with E-state index in [0.29, 0.717) is 5.15 Å². The van der Waals surface area contributed by atoms with Crippen molar-refractivity contribution in [3.05, 3.63) is 68.5 Å². The molecule has 0 saturated carbocycles. The number of thiophene rings is 1. The summed E-state index contributed by atoms with van der Waals surface area (Å²) in [5.74, 6) is 0. The third-order valence-electron chi connectivity index (χ3n) is 3.02. The summed E-state index contributed by atoms with van der Waals surface area (Å²) in [6.07, 6.45) is 1.69. The molecule has 0 spiro atoms. The molecule has 2 nitrogen and oxygen atoms in total. The summed E-state index contributed by atoms with van der Waals surface area (Å²) in [5, 5.41) is 5.98. The van der Waals surface area contributed by atoms with E-state index in [0.717, 1.165) is 16.7 Å². The Kier molecular flexibility index (Phi) is 4.58. The van der Waals surface area contributed by atoms with Gasteiger partial charge in [0.15, 0.2) is 5.15 Å². The summed E-state index contributed by atoms with van der Waals surface area (Å²) in [7, 11) is 0. The Morgan fingerprint density at radius 1 is 1.14 bits per heavy atom. The number of pyridine rings is 1. The van der Waals surface area contributed by atoms with Crippen LogP contribution >= 0.6 is 38.9 Å². The molecule has 0 aliphatic rings. The molecule has 0 fully saturated rings. The van der Waals surface area contributed by atoms with Gasteiger partial charge in [0.2, 0.25) is 0 Å². The zero-order valence-electron chi connectivity index (χ0n) is 11.0. The second-order valence-corrected chi connectivity index (χ2v) is 6.78. The number of anilines is 1. The fraction of sp³-hybridized carbons (Fsp3) is 0.0625. The van der Waals surface area contributed by atoms with Gasteiger partial charge in [-0.15, -0.1) is 11.3 Å². The van der Waals surface area contributed by atoms with Gasteiger partial charge in [-0.25, -0.2) is 4.98 Å². The fourth-order valence-corrected chi connectivity index (χ4v) is 3.32. The van der Waals surface area contributed by atoms with Gasteiger partial charge in [-0.3, -0.25) is 0 Å². The van der Waals surface area contributed by atoms with Crippen LogP contribution in [0, 0.1) is 0 Å². The van der Waals surface area contributed by atoms with Gasteiger partial charge in [-0.1, -0.05) is 41.9 Å². The Morgan fingerprint density at radius 3 is 2.76 bits per heavy atom. The first-order valence-electron chi connectivity index (χ1n) is 6.40. The van der Waals surface area contributed by atoms with Gasteiger partial charge >= 0.3 is 0 Å². The lowest BCUT2D eigenvalue weighted by Gasteiger charge is -2.06. The fourth-order valence-electron chi connectivity index (χ4n) is 1.98. The summed E-state index contributed by atoms with van der Waals surface area (Å²) < 4.78 is 0.908. The first-order valence-corrected chi connectivity index (χ1v) is 8.45. The van der Waals surface area contributed by atoms with Crippen LogP contribution in [0.25, 0.3) is 11.1 Å². The van der Waals surface area contributed by atoms with Crippen LogP contribution in [0.3, 0.4) is 0 Å². The van der Waals surface area contributed by atoms with Crippen molar-refractivity contribution in [1.82, 2.24) is 4.98 Å². The minimum Gasteiger partial charge on any atom is -0.378 e. The van der Waals surface area contributed by atoms with Crippen LogP contribution in [-0.2, 0) is 6.54 Å². The molecule has 106 valence electrons. The van der Waals surface area contributed by atoms with Crippen molar-refractivity contribution in [3.8, 4) is 11.1 Å². The second kappa shape index (κ2) is 6.60. The van der Waals surface area contributed by atoms with E-state index in [1.54, 1.807) is 17.5 Å². The van der Waals surface area contributed by atoms with Gasteiger partial charge < -0.3 is 5.32 Å². The van der Waals surface area contributed by atoms with Crippen LogP contribution in [0.4, 0.5) is 5.69 Å². The van der Waals surface area contributed by atoms with E-state index in [4.69, 9.17) is 11.6 Å². The smallest absolute Gasteiger partial charge is 0.152 e. The molecule has 0 amide bonds. The molecule has 1 aromatic carbocycles. The predicted octanol–water partition coefficient (Wildman–Crippen LogP) is 5.84. The van der Waals surface area contributed by atoms with E-state index >= 15 is 0 Å². The first kappa shape index (κ1) is 14.6. The van der Waals surface area contributed by atoms with Crippen molar-refractivity contribution in [1.29, 1.82) is 0 Å². The Bertz CT molecular complexity index is 743. The van der Waals surface area contributed by atoms with E-state index in [2.05, 4.69) is 61.9 Å². The second-order valence-electron chi connectivity index (χ2n) is 4.51. The first-order chi connectivity index (χ1) is 10.2. The third-order valence-corrected chi connectivity index (χ3v) is 4.69. The highest BCUT2D eigenvalue weighted by Crippen LogP contribution is 2.27. The molecular formula is C16H12BrClN2S. The van der Waals surface area contributed by atoms with E-state index in [-0.39, 0.29) is 0 Å². The van der Waals surface area contributed by atoms with Crippen LogP contribution in [0.5, 0.6) is 0 Å². The maximum Gasteiger partial charge on any atom is 0.152 e. The summed E-state index contributed by atoms with van der Waals surface area (Å²) in [5.41, 5.74) is 3.32. The number of nitrogens with zero attached hydrogens (tertiary/aromatic N) is 1. The van der Waals surface area contributed by atoms with Gasteiger partial charge in [-0.05, 0) is 44.6 Å². The summed E-state index contributed by atoms with van der Waals surface area (Å²) in [6.45, 7) is 0.732. The zero-order valence-corrected chi connectivity index (χ0v) is 14.2. The van der Waals surface area contributed by atoms with Gasteiger partial charge in [0.1, 0.15) is 0 Å². The Morgan fingerprint density at radius 2 is 1.95 bits per heavy atom.